The minimum absolute atomic E-state index is 0.186. The first-order valence-corrected chi connectivity index (χ1v) is 5.76. The topological polar surface area (TPSA) is 54.4 Å². The number of halogens is 1. The molecule has 1 aromatic carbocycles. The fourth-order valence-electron chi connectivity index (χ4n) is 0.978. The maximum atomic E-state index is 11.2. The molecular formula is C9H9ClO3S. The number of carboxylic acid groups (broad SMARTS) is 1. The standard InChI is InChI=1S/C9H9ClO3S/c10-8-4-2-1-3-7(8)5-14(13)6-9(11)12/h1-4H,5-6H2,(H,11,12). The molecule has 76 valence electrons. The van der Waals surface area contributed by atoms with Crippen molar-refractivity contribution < 1.29 is 14.1 Å². The Bertz CT molecular complexity index is 365. The third-order valence-electron chi connectivity index (χ3n) is 1.56. The van der Waals surface area contributed by atoms with E-state index < -0.39 is 16.8 Å². The maximum Gasteiger partial charge on any atom is 0.316 e. The van der Waals surface area contributed by atoms with E-state index in [0.29, 0.717) is 10.6 Å². The van der Waals surface area contributed by atoms with Crippen molar-refractivity contribution >= 4 is 28.4 Å². The fourth-order valence-corrected chi connectivity index (χ4v) is 2.24. The summed E-state index contributed by atoms with van der Waals surface area (Å²) in [6.07, 6.45) is 0. The zero-order chi connectivity index (χ0) is 10.6. The molecule has 0 aromatic heterocycles. The Kier molecular flexibility index (Phi) is 4.10. The summed E-state index contributed by atoms with van der Waals surface area (Å²) in [4.78, 5) is 10.3. The van der Waals surface area contributed by atoms with Crippen LogP contribution in [0.1, 0.15) is 5.56 Å². The van der Waals surface area contributed by atoms with E-state index in [4.69, 9.17) is 16.7 Å². The fraction of sp³-hybridized carbons (Fsp3) is 0.222. The van der Waals surface area contributed by atoms with Crippen molar-refractivity contribution in [3.05, 3.63) is 34.9 Å². The average Bonchev–Trinajstić information content (AvgIpc) is 2.07. The van der Waals surface area contributed by atoms with Crippen molar-refractivity contribution in [3.8, 4) is 0 Å². The minimum atomic E-state index is -1.40. The highest BCUT2D eigenvalue weighted by Crippen LogP contribution is 2.16. The molecule has 0 saturated carbocycles. The number of rotatable bonds is 4. The summed E-state index contributed by atoms with van der Waals surface area (Å²) >= 11 is 5.82. The molecule has 1 unspecified atom stereocenters. The van der Waals surface area contributed by atoms with Crippen LogP contribution in [0.15, 0.2) is 24.3 Å². The molecule has 0 spiro atoms. The number of benzene rings is 1. The summed E-state index contributed by atoms with van der Waals surface area (Å²) in [6.45, 7) is 0. The van der Waals surface area contributed by atoms with Crippen LogP contribution in [0.5, 0.6) is 0 Å². The lowest BCUT2D eigenvalue weighted by molar-refractivity contribution is -0.133. The third-order valence-corrected chi connectivity index (χ3v) is 3.13. The van der Waals surface area contributed by atoms with Crippen LogP contribution in [0.25, 0.3) is 0 Å². The quantitative estimate of drug-likeness (QED) is 0.859. The second kappa shape index (κ2) is 5.12. The van der Waals surface area contributed by atoms with E-state index >= 15 is 0 Å². The molecule has 0 saturated heterocycles. The molecule has 5 heteroatoms. The van der Waals surface area contributed by atoms with E-state index in [-0.39, 0.29) is 11.5 Å². The smallest absolute Gasteiger partial charge is 0.316 e. The van der Waals surface area contributed by atoms with Gasteiger partial charge in [0.2, 0.25) is 0 Å². The Morgan fingerprint density at radius 3 is 2.64 bits per heavy atom. The van der Waals surface area contributed by atoms with Gasteiger partial charge in [0.15, 0.2) is 0 Å². The van der Waals surface area contributed by atoms with Crippen molar-refractivity contribution in [1.29, 1.82) is 0 Å². The highest BCUT2D eigenvalue weighted by Gasteiger charge is 2.08. The van der Waals surface area contributed by atoms with Crippen LogP contribution in [0.4, 0.5) is 0 Å². The maximum absolute atomic E-state index is 11.2. The van der Waals surface area contributed by atoms with Crippen LogP contribution >= 0.6 is 11.6 Å². The molecule has 0 fully saturated rings. The SMILES string of the molecule is O=C(O)CS(=O)Cc1ccccc1Cl. The number of aliphatic carboxylic acids is 1. The van der Waals surface area contributed by atoms with Crippen LogP contribution in [0.2, 0.25) is 5.02 Å². The first kappa shape index (κ1) is 11.2. The summed E-state index contributed by atoms with van der Waals surface area (Å²) in [5, 5.41) is 8.92. The van der Waals surface area contributed by atoms with Gasteiger partial charge in [-0.05, 0) is 11.6 Å². The Morgan fingerprint density at radius 2 is 2.07 bits per heavy atom. The van der Waals surface area contributed by atoms with Crippen molar-refractivity contribution in [2.45, 2.75) is 5.75 Å². The van der Waals surface area contributed by atoms with Gasteiger partial charge in [-0.15, -0.1) is 0 Å². The largest absolute Gasteiger partial charge is 0.481 e. The first-order valence-electron chi connectivity index (χ1n) is 3.90. The summed E-state index contributed by atoms with van der Waals surface area (Å²) in [5.41, 5.74) is 0.716. The summed E-state index contributed by atoms with van der Waals surface area (Å²) in [6, 6.07) is 6.97. The molecule has 1 rings (SSSR count). The lowest BCUT2D eigenvalue weighted by Crippen LogP contribution is -2.10. The monoisotopic (exact) mass is 232 g/mol. The predicted molar refractivity (Wildman–Crippen MR) is 55.8 cm³/mol. The zero-order valence-electron chi connectivity index (χ0n) is 7.27. The van der Waals surface area contributed by atoms with Gasteiger partial charge in [-0.1, -0.05) is 29.8 Å². The van der Waals surface area contributed by atoms with Crippen molar-refractivity contribution in [2.24, 2.45) is 0 Å². The summed E-state index contributed by atoms with van der Waals surface area (Å²) in [7, 11) is -1.40. The van der Waals surface area contributed by atoms with Crippen molar-refractivity contribution in [1.82, 2.24) is 0 Å². The van der Waals surface area contributed by atoms with Gasteiger partial charge in [-0.3, -0.25) is 9.00 Å². The van der Waals surface area contributed by atoms with E-state index in [2.05, 4.69) is 0 Å². The molecule has 3 nitrogen and oxygen atoms in total. The molecule has 0 aliphatic rings. The predicted octanol–water partition coefficient (Wildman–Crippen LogP) is 1.67. The van der Waals surface area contributed by atoms with E-state index in [1.54, 1.807) is 24.3 Å². The third kappa shape index (κ3) is 3.47. The van der Waals surface area contributed by atoms with E-state index in [9.17, 15) is 9.00 Å². The summed E-state index contributed by atoms with van der Waals surface area (Å²) < 4.78 is 11.2. The van der Waals surface area contributed by atoms with E-state index in [0.717, 1.165) is 0 Å². The van der Waals surface area contributed by atoms with Crippen molar-refractivity contribution in [3.63, 3.8) is 0 Å². The van der Waals surface area contributed by atoms with Gasteiger partial charge in [-0.25, -0.2) is 0 Å². The van der Waals surface area contributed by atoms with Crippen LogP contribution in [-0.4, -0.2) is 21.0 Å². The van der Waals surface area contributed by atoms with Gasteiger partial charge in [0.1, 0.15) is 5.75 Å². The van der Waals surface area contributed by atoms with Crippen LogP contribution in [0, 0.1) is 0 Å². The zero-order valence-corrected chi connectivity index (χ0v) is 8.85. The van der Waals surface area contributed by atoms with Crippen LogP contribution in [-0.2, 0) is 21.3 Å². The molecule has 0 radical (unpaired) electrons. The number of hydrogen-bond donors (Lipinski definition) is 1. The second-order valence-corrected chi connectivity index (χ2v) is 4.58. The number of hydrogen-bond acceptors (Lipinski definition) is 2. The molecule has 0 bridgehead atoms. The molecule has 0 aliphatic heterocycles. The molecule has 1 aromatic rings. The van der Waals surface area contributed by atoms with Crippen LogP contribution < -0.4 is 0 Å². The lowest BCUT2D eigenvalue weighted by Gasteiger charge is -2.01. The highest BCUT2D eigenvalue weighted by atomic mass is 35.5. The Hall–Kier alpha value is -0.870. The first-order chi connectivity index (χ1) is 6.59. The molecule has 0 amide bonds. The van der Waals surface area contributed by atoms with Crippen molar-refractivity contribution in [2.75, 3.05) is 5.75 Å². The van der Waals surface area contributed by atoms with Gasteiger partial charge in [0.05, 0.1) is 5.75 Å². The summed E-state index contributed by atoms with van der Waals surface area (Å²) in [5.74, 6) is -1.22. The van der Waals surface area contributed by atoms with E-state index in [1.807, 2.05) is 0 Å². The molecule has 0 aliphatic carbocycles. The number of carboxylic acids is 1. The highest BCUT2D eigenvalue weighted by molar-refractivity contribution is 7.84. The normalized spacial score (nSPS) is 12.4. The lowest BCUT2D eigenvalue weighted by atomic mass is 10.2. The molecule has 1 atom stereocenters. The van der Waals surface area contributed by atoms with Gasteiger partial charge >= 0.3 is 5.97 Å². The van der Waals surface area contributed by atoms with Gasteiger partial charge in [-0.2, -0.15) is 0 Å². The van der Waals surface area contributed by atoms with E-state index in [1.165, 1.54) is 0 Å². The van der Waals surface area contributed by atoms with Gasteiger partial charge in [0, 0.05) is 15.8 Å². The van der Waals surface area contributed by atoms with Gasteiger partial charge < -0.3 is 5.11 Å². The second-order valence-electron chi connectivity index (χ2n) is 2.71. The molecule has 1 N–H and O–H groups in total. The molecule has 0 heterocycles. The average molecular weight is 233 g/mol. The Labute approximate surface area is 89.2 Å². The Morgan fingerprint density at radius 1 is 1.43 bits per heavy atom. The molecular weight excluding hydrogens is 224 g/mol. The Balaban J connectivity index is 2.65. The number of carbonyl (C=O) groups is 1. The molecule has 14 heavy (non-hydrogen) atoms. The minimum Gasteiger partial charge on any atom is -0.481 e. The van der Waals surface area contributed by atoms with Gasteiger partial charge in [0.25, 0.3) is 0 Å². The van der Waals surface area contributed by atoms with Crippen LogP contribution in [0.3, 0.4) is 0 Å².